The fourth-order valence-electron chi connectivity index (χ4n) is 1.47. The third-order valence-corrected chi connectivity index (χ3v) is 2.27. The first-order chi connectivity index (χ1) is 7.47. The molecular weight excluding hydrogens is 210 g/mol. The van der Waals surface area contributed by atoms with Crippen LogP contribution in [0.4, 0.5) is 0 Å². The Balaban J connectivity index is 2.81. The van der Waals surface area contributed by atoms with Gasteiger partial charge in [0.25, 0.3) is 0 Å². The molecule has 0 fully saturated rings. The maximum atomic E-state index is 11.3. The van der Waals surface area contributed by atoms with E-state index in [4.69, 9.17) is 10.5 Å². The Morgan fingerprint density at radius 3 is 2.81 bits per heavy atom. The van der Waals surface area contributed by atoms with E-state index in [1.54, 1.807) is 31.8 Å². The number of carbonyl (C=O) groups is 1. The molecule has 1 aromatic heterocycles. The number of hydrogen-bond acceptors (Lipinski definition) is 5. The number of aromatic nitrogens is 2. The second-order valence-corrected chi connectivity index (χ2v) is 3.57. The first-order valence-corrected chi connectivity index (χ1v) is 5.07. The van der Waals surface area contributed by atoms with Crippen LogP contribution in [0, 0.1) is 6.92 Å². The molecule has 0 aliphatic heterocycles. The summed E-state index contributed by atoms with van der Waals surface area (Å²) in [6.45, 7) is 3.67. The van der Waals surface area contributed by atoms with Crippen LogP contribution in [-0.2, 0) is 16.6 Å². The third-order valence-electron chi connectivity index (χ3n) is 2.27. The smallest absolute Gasteiger partial charge is 0.325 e. The van der Waals surface area contributed by atoms with Gasteiger partial charge in [-0.1, -0.05) is 0 Å². The molecule has 2 atom stereocenters. The number of nitrogens with zero attached hydrogens (tertiary/aromatic N) is 2. The van der Waals surface area contributed by atoms with Gasteiger partial charge in [0.15, 0.2) is 0 Å². The lowest BCUT2D eigenvalue weighted by molar-refractivity contribution is -0.147. The number of rotatable bonds is 4. The van der Waals surface area contributed by atoms with Crippen LogP contribution < -0.4 is 5.73 Å². The molecule has 1 rings (SSSR count). The molecule has 90 valence electrons. The summed E-state index contributed by atoms with van der Waals surface area (Å²) in [6.07, 6.45) is 0.548. The third kappa shape index (κ3) is 2.59. The van der Waals surface area contributed by atoms with Crippen molar-refractivity contribution in [1.29, 1.82) is 0 Å². The SMILES string of the molecule is CCOC(=O)C(N)C(O)c1cn(C)nc1C. The number of aryl methyl sites for hydroxylation is 2. The minimum absolute atomic E-state index is 0.241. The maximum absolute atomic E-state index is 11.3. The van der Waals surface area contributed by atoms with E-state index in [9.17, 15) is 9.90 Å². The predicted octanol–water partition coefficient (Wildman–Crippen LogP) is -0.348. The molecule has 1 heterocycles. The van der Waals surface area contributed by atoms with Crippen molar-refractivity contribution < 1.29 is 14.6 Å². The quantitative estimate of drug-likeness (QED) is 0.686. The summed E-state index contributed by atoms with van der Waals surface area (Å²) < 4.78 is 6.30. The Kier molecular flexibility index (Phi) is 4.03. The largest absolute Gasteiger partial charge is 0.465 e. The molecule has 6 heteroatoms. The maximum Gasteiger partial charge on any atom is 0.325 e. The van der Waals surface area contributed by atoms with Gasteiger partial charge in [0.05, 0.1) is 12.3 Å². The van der Waals surface area contributed by atoms with E-state index in [0.717, 1.165) is 0 Å². The molecule has 16 heavy (non-hydrogen) atoms. The highest BCUT2D eigenvalue weighted by Gasteiger charge is 2.27. The molecule has 0 saturated heterocycles. The molecule has 6 nitrogen and oxygen atoms in total. The van der Waals surface area contributed by atoms with E-state index in [-0.39, 0.29) is 6.61 Å². The van der Waals surface area contributed by atoms with Crippen LogP contribution in [0.2, 0.25) is 0 Å². The van der Waals surface area contributed by atoms with Gasteiger partial charge in [-0.25, -0.2) is 0 Å². The van der Waals surface area contributed by atoms with Crippen molar-refractivity contribution in [2.45, 2.75) is 26.0 Å². The molecule has 0 aromatic carbocycles. The Labute approximate surface area is 94.0 Å². The van der Waals surface area contributed by atoms with Crippen molar-refractivity contribution in [1.82, 2.24) is 9.78 Å². The first-order valence-electron chi connectivity index (χ1n) is 5.07. The lowest BCUT2D eigenvalue weighted by Gasteiger charge is -2.16. The van der Waals surface area contributed by atoms with Gasteiger partial charge in [-0.15, -0.1) is 0 Å². The minimum Gasteiger partial charge on any atom is -0.465 e. The molecule has 0 aliphatic carbocycles. The average Bonchev–Trinajstić information content (AvgIpc) is 2.56. The van der Waals surface area contributed by atoms with E-state index >= 15 is 0 Å². The monoisotopic (exact) mass is 227 g/mol. The molecule has 2 unspecified atom stereocenters. The number of esters is 1. The van der Waals surface area contributed by atoms with E-state index in [1.165, 1.54) is 0 Å². The summed E-state index contributed by atoms with van der Waals surface area (Å²) in [7, 11) is 1.74. The summed E-state index contributed by atoms with van der Waals surface area (Å²) in [5, 5.41) is 14.0. The van der Waals surface area contributed by atoms with Gasteiger partial charge in [0.2, 0.25) is 0 Å². The summed E-state index contributed by atoms with van der Waals surface area (Å²) >= 11 is 0. The van der Waals surface area contributed by atoms with E-state index in [0.29, 0.717) is 11.3 Å². The van der Waals surface area contributed by atoms with Crippen LogP contribution in [0.5, 0.6) is 0 Å². The molecule has 0 radical (unpaired) electrons. The number of aliphatic hydroxyl groups is 1. The normalized spacial score (nSPS) is 14.6. The van der Waals surface area contributed by atoms with Gasteiger partial charge in [-0.2, -0.15) is 5.10 Å². The van der Waals surface area contributed by atoms with Crippen molar-refractivity contribution in [2.75, 3.05) is 6.61 Å². The van der Waals surface area contributed by atoms with Gasteiger partial charge in [-0.3, -0.25) is 9.48 Å². The Morgan fingerprint density at radius 2 is 2.38 bits per heavy atom. The zero-order chi connectivity index (χ0) is 12.3. The van der Waals surface area contributed by atoms with Crippen molar-refractivity contribution in [3.05, 3.63) is 17.5 Å². The number of nitrogens with two attached hydrogens (primary N) is 1. The summed E-state index contributed by atoms with van der Waals surface area (Å²) in [5.41, 5.74) is 6.79. The first kappa shape index (κ1) is 12.7. The van der Waals surface area contributed by atoms with Gasteiger partial charge < -0.3 is 15.6 Å². The second kappa shape index (κ2) is 5.09. The zero-order valence-electron chi connectivity index (χ0n) is 9.67. The van der Waals surface area contributed by atoms with E-state index in [2.05, 4.69) is 5.10 Å². The zero-order valence-corrected chi connectivity index (χ0v) is 9.67. The summed E-state index contributed by atoms with van der Waals surface area (Å²) in [6, 6.07) is -1.08. The van der Waals surface area contributed by atoms with E-state index in [1.807, 2.05) is 0 Å². The Morgan fingerprint density at radius 1 is 1.75 bits per heavy atom. The molecule has 0 saturated carbocycles. The molecule has 0 aliphatic rings. The molecule has 0 amide bonds. The Bertz CT molecular complexity index is 375. The van der Waals surface area contributed by atoms with Crippen LogP contribution in [0.15, 0.2) is 6.20 Å². The molecule has 3 N–H and O–H groups in total. The number of aliphatic hydroxyl groups excluding tert-OH is 1. The highest BCUT2D eigenvalue weighted by Crippen LogP contribution is 2.19. The average molecular weight is 227 g/mol. The van der Waals surface area contributed by atoms with Crippen molar-refractivity contribution >= 4 is 5.97 Å². The predicted molar refractivity (Wildman–Crippen MR) is 57.5 cm³/mol. The fraction of sp³-hybridized carbons (Fsp3) is 0.600. The number of carbonyl (C=O) groups excluding carboxylic acids is 1. The minimum atomic E-state index is -1.09. The molecule has 0 bridgehead atoms. The second-order valence-electron chi connectivity index (χ2n) is 3.57. The molecular formula is C10H17N3O3. The Hall–Kier alpha value is -1.40. The highest BCUT2D eigenvalue weighted by molar-refractivity contribution is 5.76. The van der Waals surface area contributed by atoms with Gasteiger partial charge in [0, 0.05) is 18.8 Å². The van der Waals surface area contributed by atoms with Gasteiger partial charge in [0.1, 0.15) is 12.1 Å². The van der Waals surface area contributed by atoms with Crippen LogP contribution >= 0.6 is 0 Å². The van der Waals surface area contributed by atoms with Crippen LogP contribution in [0.25, 0.3) is 0 Å². The molecule has 0 spiro atoms. The van der Waals surface area contributed by atoms with E-state index < -0.39 is 18.1 Å². The van der Waals surface area contributed by atoms with Crippen molar-refractivity contribution in [2.24, 2.45) is 12.8 Å². The van der Waals surface area contributed by atoms with Gasteiger partial charge in [-0.05, 0) is 13.8 Å². The lowest BCUT2D eigenvalue weighted by atomic mass is 10.0. The standard InChI is InChI=1S/C10H17N3O3/c1-4-16-10(15)8(11)9(14)7-5-13(3)12-6(7)2/h5,8-9,14H,4,11H2,1-3H3. The molecule has 1 aromatic rings. The van der Waals surface area contributed by atoms with Crippen LogP contribution in [0.3, 0.4) is 0 Å². The lowest BCUT2D eigenvalue weighted by Crippen LogP contribution is -2.38. The topological polar surface area (TPSA) is 90.4 Å². The number of ether oxygens (including phenoxy) is 1. The van der Waals surface area contributed by atoms with Crippen molar-refractivity contribution in [3.8, 4) is 0 Å². The van der Waals surface area contributed by atoms with Crippen LogP contribution in [0.1, 0.15) is 24.3 Å². The highest BCUT2D eigenvalue weighted by atomic mass is 16.5. The van der Waals surface area contributed by atoms with Crippen molar-refractivity contribution in [3.63, 3.8) is 0 Å². The van der Waals surface area contributed by atoms with Crippen LogP contribution in [-0.4, -0.2) is 33.5 Å². The fourth-order valence-corrected chi connectivity index (χ4v) is 1.47. The van der Waals surface area contributed by atoms with Gasteiger partial charge >= 0.3 is 5.97 Å². The number of hydrogen-bond donors (Lipinski definition) is 2. The summed E-state index contributed by atoms with van der Waals surface area (Å²) in [5.74, 6) is -0.613. The summed E-state index contributed by atoms with van der Waals surface area (Å²) in [4.78, 5) is 11.3.